The summed E-state index contributed by atoms with van der Waals surface area (Å²) in [4.78, 5) is 20.3. The van der Waals surface area contributed by atoms with Crippen LogP contribution < -0.4 is 10.1 Å². The summed E-state index contributed by atoms with van der Waals surface area (Å²) in [6, 6.07) is 10.0. The summed E-state index contributed by atoms with van der Waals surface area (Å²) in [5.74, 6) is 1.42. The number of hydrogen-bond acceptors (Lipinski definition) is 6. The van der Waals surface area contributed by atoms with Gasteiger partial charge < -0.3 is 24.4 Å². The van der Waals surface area contributed by atoms with E-state index in [-0.39, 0.29) is 5.91 Å². The van der Waals surface area contributed by atoms with Crippen LogP contribution in [0.4, 0.5) is 0 Å². The number of rotatable bonds is 10. The first-order valence-corrected chi connectivity index (χ1v) is 12.4. The molecule has 2 aromatic rings. The van der Waals surface area contributed by atoms with E-state index in [0.29, 0.717) is 38.8 Å². The third-order valence-corrected chi connectivity index (χ3v) is 6.55. The topological polar surface area (TPSA) is 72.9 Å². The standard InChI is InChI=1S/C26H37N3O4/c1-31-13-7-14-32-24-16-21(28-23-11-6-5-10-22(23)24)19-29(18-20-8-3-2-4-9-20)26(30)25-17-27-12-15-33-25/h5-6,10-11,16,20,25,27H,2-4,7-9,12-15,17-19H2,1H3/t25-/m1/s1. The molecule has 0 radical (unpaired) electrons. The Kier molecular flexibility index (Phi) is 8.92. The van der Waals surface area contributed by atoms with E-state index in [2.05, 4.69) is 5.32 Å². The van der Waals surface area contributed by atoms with E-state index in [1.54, 1.807) is 7.11 Å². The SMILES string of the molecule is COCCCOc1cc(CN(CC2CCCCC2)C(=O)[C@H]2CNCCO2)nc2ccccc12. The van der Waals surface area contributed by atoms with Crippen molar-refractivity contribution in [3.05, 3.63) is 36.0 Å². The van der Waals surface area contributed by atoms with Crippen LogP contribution in [0.25, 0.3) is 10.9 Å². The molecule has 1 atom stereocenters. The fourth-order valence-electron chi connectivity index (χ4n) is 4.82. The number of aromatic nitrogens is 1. The summed E-state index contributed by atoms with van der Waals surface area (Å²) in [6.07, 6.45) is 6.58. The minimum absolute atomic E-state index is 0.0605. The molecule has 1 saturated heterocycles. The zero-order valence-corrected chi connectivity index (χ0v) is 19.8. The van der Waals surface area contributed by atoms with Crippen molar-refractivity contribution in [3.8, 4) is 5.75 Å². The zero-order chi connectivity index (χ0) is 22.9. The maximum Gasteiger partial charge on any atom is 0.253 e. The van der Waals surface area contributed by atoms with Crippen LogP contribution in [0.5, 0.6) is 5.75 Å². The van der Waals surface area contributed by atoms with Gasteiger partial charge in [-0.2, -0.15) is 0 Å². The summed E-state index contributed by atoms with van der Waals surface area (Å²) < 4.78 is 17.1. The Morgan fingerprint density at radius 2 is 2.06 bits per heavy atom. The van der Waals surface area contributed by atoms with Gasteiger partial charge in [-0.25, -0.2) is 0 Å². The summed E-state index contributed by atoms with van der Waals surface area (Å²) >= 11 is 0. The average Bonchev–Trinajstić information content (AvgIpc) is 2.87. The van der Waals surface area contributed by atoms with Gasteiger partial charge in [-0.05, 0) is 30.9 Å². The van der Waals surface area contributed by atoms with E-state index >= 15 is 0 Å². The molecule has 2 heterocycles. The molecule has 2 aliphatic rings. The Morgan fingerprint density at radius 3 is 2.85 bits per heavy atom. The van der Waals surface area contributed by atoms with E-state index in [0.717, 1.165) is 41.9 Å². The van der Waals surface area contributed by atoms with E-state index in [1.165, 1.54) is 32.1 Å². The number of carbonyl (C=O) groups excluding carboxylic acids is 1. The molecular weight excluding hydrogens is 418 g/mol. The van der Waals surface area contributed by atoms with Gasteiger partial charge in [0.05, 0.1) is 31.0 Å². The van der Waals surface area contributed by atoms with Gasteiger partial charge in [0.2, 0.25) is 0 Å². The lowest BCUT2D eigenvalue weighted by molar-refractivity contribution is -0.146. The second-order valence-electron chi connectivity index (χ2n) is 9.11. The van der Waals surface area contributed by atoms with Crippen LogP contribution in [0.15, 0.2) is 30.3 Å². The number of benzene rings is 1. The molecule has 4 rings (SSSR count). The fraction of sp³-hybridized carbons (Fsp3) is 0.615. The van der Waals surface area contributed by atoms with Gasteiger partial charge in [0, 0.05) is 51.2 Å². The third kappa shape index (κ3) is 6.65. The second kappa shape index (κ2) is 12.3. The van der Waals surface area contributed by atoms with Crippen molar-refractivity contribution in [2.75, 3.05) is 46.6 Å². The Labute approximate surface area is 196 Å². The summed E-state index contributed by atoms with van der Waals surface area (Å²) in [5, 5.41) is 4.28. The zero-order valence-electron chi connectivity index (χ0n) is 19.8. The predicted molar refractivity (Wildman–Crippen MR) is 128 cm³/mol. The molecule has 7 nitrogen and oxygen atoms in total. The molecule has 1 saturated carbocycles. The number of methoxy groups -OCH3 is 1. The highest BCUT2D eigenvalue weighted by atomic mass is 16.5. The molecule has 0 spiro atoms. The summed E-state index contributed by atoms with van der Waals surface area (Å²) in [5.41, 5.74) is 1.74. The smallest absolute Gasteiger partial charge is 0.253 e. The van der Waals surface area contributed by atoms with Crippen molar-refractivity contribution in [1.29, 1.82) is 0 Å². The third-order valence-electron chi connectivity index (χ3n) is 6.55. The van der Waals surface area contributed by atoms with Crippen molar-refractivity contribution >= 4 is 16.8 Å². The maximum atomic E-state index is 13.5. The highest BCUT2D eigenvalue weighted by molar-refractivity contribution is 5.85. The van der Waals surface area contributed by atoms with Gasteiger partial charge >= 0.3 is 0 Å². The lowest BCUT2D eigenvalue weighted by atomic mass is 9.89. The van der Waals surface area contributed by atoms with Crippen LogP contribution in [-0.2, 0) is 20.8 Å². The Bertz CT molecular complexity index is 894. The normalized spacial score (nSPS) is 19.5. The van der Waals surface area contributed by atoms with Crippen LogP contribution >= 0.6 is 0 Å². The van der Waals surface area contributed by atoms with Crippen molar-refractivity contribution in [2.24, 2.45) is 5.92 Å². The summed E-state index contributed by atoms with van der Waals surface area (Å²) in [7, 11) is 1.70. The number of para-hydroxylation sites is 1. The van der Waals surface area contributed by atoms with Crippen molar-refractivity contribution in [1.82, 2.24) is 15.2 Å². The molecule has 0 bridgehead atoms. The molecule has 1 aliphatic heterocycles. The van der Waals surface area contributed by atoms with E-state index in [9.17, 15) is 4.79 Å². The molecular formula is C26H37N3O4. The number of pyridine rings is 1. The molecule has 7 heteroatoms. The minimum Gasteiger partial charge on any atom is -0.493 e. The van der Waals surface area contributed by atoms with Gasteiger partial charge in [-0.15, -0.1) is 0 Å². The van der Waals surface area contributed by atoms with E-state index in [1.807, 2.05) is 35.2 Å². The largest absolute Gasteiger partial charge is 0.493 e. The van der Waals surface area contributed by atoms with Crippen LogP contribution in [0.2, 0.25) is 0 Å². The van der Waals surface area contributed by atoms with Crippen LogP contribution in [-0.4, -0.2) is 68.5 Å². The number of carbonyl (C=O) groups is 1. The first kappa shape index (κ1) is 23.9. The number of morpholine rings is 1. The lowest BCUT2D eigenvalue weighted by Gasteiger charge is -2.33. The van der Waals surface area contributed by atoms with Gasteiger partial charge in [-0.3, -0.25) is 9.78 Å². The lowest BCUT2D eigenvalue weighted by Crippen LogP contribution is -2.50. The molecule has 1 amide bonds. The predicted octanol–water partition coefficient (Wildman–Crippen LogP) is 3.55. The number of amides is 1. The monoisotopic (exact) mass is 455 g/mol. The van der Waals surface area contributed by atoms with Crippen LogP contribution in [0.1, 0.15) is 44.2 Å². The molecule has 1 N–H and O–H groups in total. The van der Waals surface area contributed by atoms with Gasteiger partial charge in [0.15, 0.2) is 0 Å². The minimum atomic E-state index is -0.424. The number of fused-ring (bicyclic) bond motifs is 1. The highest BCUT2D eigenvalue weighted by Crippen LogP contribution is 2.28. The molecule has 1 aliphatic carbocycles. The van der Waals surface area contributed by atoms with Gasteiger partial charge in [-0.1, -0.05) is 31.4 Å². The quantitative estimate of drug-likeness (QED) is 0.553. The van der Waals surface area contributed by atoms with Crippen molar-refractivity contribution in [3.63, 3.8) is 0 Å². The fourth-order valence-corrected chi connectivity index (χ4v) is 4.82. The molecule has 0 unspecified atom stereocenters. The Balaban J connectivity index is 1.55. The van der Waals surface area contributed by atoms with Crippen LogP contribution in [0.3, 0.4) is 0 Å². The first-order chi connectivity index (χ1) is 16.2. The molecule has 1 aromatic carbocycles. The van der Waals surface area contributed by atoms with E-state index in [4.69, 9.17) is 19.2 Å². The molecule has 180 valence electrons. The van der Waals surface area contributed by atoms with Gasteiger partial charge in [0.25, 0.3) is 5.91 Å². The Hall–Kier alpha value is -2.22. The summed E-state index contributed by atoms with van der Waals surface area (Å²) in [6.45, 7) is 4.40. The van der Waals surface area contributed by atoms with Crippen molar-refractivity contribution < 1.29 is 19.0 Å². The Morgan fingerprint density at radius 1 is 1.21 bits per heavy atom. The molecule has 1 aromatic heterocycles. The number of nitrogens with zero attached hydrogens (tertiary/aromatic N) is 2. The number of hydrogen-bond donors (Lipinski definition) is 1. The van der Waals surface area contributed by atoms with Gasteiger partial charge in [0.1, 0.15) is 11.9 Å². The van der Waals surface area contributed by atoms with Crippen molar-refractivity contribution in [2.45, 2.75) is 51.2 Å². The number of ether oxygens (including phenoxy) is 3. The maximum absolute atomic E-state index is 13.5. The number of nitrogens with one attached hydrogen (secondary N) is 1. The second-order valence-corrected chi connectivity index (χ2v) is 9.11. The average molecular weight is 456 g/mol. The molecule has 33 heavy (non-hydrogen) atoms. The first-order valence-electron chi connectivity index (χ1n) is 12.4. The van der Waals surface area contributed by atoms with E-state index < -0.39 is 6.10 Å². The molecule has 2 fully saturated rings. The highest BCUT2D eigenvalue weighted by Gasteiger charge is 2.29. The van der Waals surface area contributed by atoms with Crippen LogP contribution in [0, 0.1) is 5.92 Å².